The van der Waals surface area contributed by atoms with E-state index in [1.165, 1.54) is 6.42 Å². The second-order valence-corrected chi connectivity index (χ2v) is 2.85. The molecule has 11 heavy (non-hydrogen) atoms. The Morgan fingerprint density at radius 3 is 2.45 bits per heavy atom. The van der Waals surface area contributed by atoms with Gasteiger partial charge in [0.25, 0.3) is 0 Å². The maximum Gasteiger partial charge on any atom is 0.0469 e. The first kappa shape index (κ1) is 10.6. The van der Waals surface area contributed by atoms with Crippen LogP contribution in [-0.2, 0) is 4.74 Å². The van der Waals surface area contributed by atoms with Crippen molar-refractivity contribution in [3.63, 3.8) is 0 Å². The van der Waals surface area contributed by atoms with Crippen molar-refractivity contribution in [3.05, 3.63) is 0 Å². The highest BCUT2D eigenvalue weighted by atomic mass is 16.5. The Balaban J connectivity index is 2.85. The molecule has 0 amide bonds. The van der Waals surface area contributed by atoms with E-state index in [1.807, 2.05) is 6.92 Å². The van der Waals surface area contributed by atoms with Gasteiger partial charge in [-0.15, -0.1) is 0 Å². The Labute approximate surface area is 69.5 Å². The van der Waals surface area contributed by atoms with Crippen molar-refractivity contribution < 1.29 is 4.74 Å². The second kappa shape index (κ2) is 7.73. The van der Waals surface area contributed by atoms with E-state index in [0.29, 0.717) is 0 Å². The molecule has 0 aromatic heterocycles. The summed E-state index contributed by atoms with van der Waals surface area (Å²) in [6, 6.07) is 0. The molecule has 0 radical (unpaired) electrons. The molecule has 0 rings (SSSR count). The van der Waals surface area contributed by atoms with Gasteiger partial charge in [-0.05, 0) is 26.2 Å². The van der Waals surface area contributed by atoms with Gasteiger partial charge in [0.2, 0.25) is 0 Å². The van der Waals surface area contributed by atoms with Gasteiger partial charge in [-0.3, -0.25) is 0 Å². The molecule has 0 heterocycles. The SMILES string of the molecule is CCCCOCCCC(C)=N. The van der Waals surface area contributed by atoms with Gasteiger partial charge in [0, 0.05) is 18.9 Å². The smallest absolute Gasteiger partial charge is 0.0469 e. The van der Waals surface area contributed by atoms with Crippen LogP contribution in [-0.4, -0.2) is 18.9 Å². The summed E-state index contributed by atoms with van der Waals surface area (Å²) in [5.74, 6) is 0. The molecule has 0 saturated carbocycles. The fourth-order valence-electron chi connectivity index (χ4n) is 0.788. The molecular formula is C9H19NO. The minimum Gasteiger partial charge on any atom is -0.381 e. The monoisotopic (exact) mass is 157 g/mol. The third kappa shape index (κ3) is 9.63. The van der Waals surface area contributed by atoms with E-state index < -0.39 is 0 Å². The third-order valence-electron chi connectivity index (χ3n) is 1.48. The molecule has 0 aliphatic heterocycles. The van der Waals surface area contributed by atoms with Gasteiger partial charge in [0.15, 0.2) is 0 Å². The number of hydrogen-bond donors (Lipinski definition) is 1. The van der Waals surface area contributed by atoms with Crippen molar-refractivity contribution in [3.8, 4) is 0 Å². The highest BCUT2D eigenvalue weighted by molar-refractivity contribution is 5.78. The predicted molar refractivity (Wildman–Crippen MR) is 48.4 cm³/mol. The van der Waals surface area contributed by atoms with Crippen molar-refractivity contribution in [2.75, 3.05) is 13.2 Å². The van der Waals surface area contributed by atoms with Gasteiger partial charge in [-0.1, -0.05) is 13.3 Å². The van der Waals surface area contributed by atoms with Crippen LogP contribution >= 0.6 is 0 Å². The maximum atomic E-state index is 7.16. The highest BCUT2D eigenvalue weighted by Crippen LogP contribution is 1.93. The van der Waals surface area contributed by atoms with Crippen LogP contribution in [0.5, 0.6) is 0 Å². The van der Waals surface area contributed by atoms with Crippen LogP contribution in [0.25, 0.3) is 0 Å². The summed E-state index contributed by atoms with van der Waals surface area (Å²) in [6.07, 6.45) is 4.23. The summed E-state index contributed by atoms with van der Waals surface area (Å²) in [7, 11) is 0. The predicted octanol–water partition coefficient (Wildman–Crippen LogP) is 2.62. The largest absolute Gasteiger partial charge is 0.381 e. The van der Waals surface area contributed by atoms with E-state index in [4.69, 9.17) is 10.1 Å². The Kier molecular flexibility index (Phi) is 7.47. The lowest BCUT2D eigenvalue weighted by molar-refractivity contribution is 0.130. The van der Waals surface area contributed by atoms with Crippen LogP contribution in [0, 0.1) is 5.41 Å². The minimum absolute atomic E-state index is 0.754. The zero-order valence-corrected chi connectivity index (χ0v) is 7.65. The van der Waals surface area contributed by atoms with Crippen LogP contribution in [0.4, 0.5) is 0 Å². The zero-order chi connectivity index (χ0) is 8.53. The normalized spacial score (nSPS) is 10.0. The number of hydrogen-bond acceptors (Lipinski definition) is 2. The van der Waals surface area contributed by atoms with E-state index in [9.17, 15) is 0 Å². The molecule has 0 aliphatic rings. The number of rotatable bonds is 7. The first-order valence-electron chi connectivity index (χ1n) is 4.39. The fourth-order valence-corrected chi connectivity index (χ4v) is 0.788. The van der Waals surface area contributed by atoms with E-state index in [0.717, 1.165) is 38.2 Å². The summed E-state index contributed by atoms with van der Waals surface area (Å²) in [5, 5.41) is 7.16. The molecule has 0 aromatic carbocycles. The third-order valence-corrected chi connectivity index (χ3v) is 1.48. The molecule has 0 saturated heterocycles. The molecule has 2 heteroatoms. The molecule has 0 unspecified atom stereocenters. The van der Waals surface area contributed by atoms with Crippen molar-refractivity contribution in [1.82, 2.24) is 0 Å². The Bertz CT molecular complexity index is 102. The Morgan fingerprint density at radius 1 is 1.27 bits per heavy atom. The molecule has 2 nitrogen and oxygen atoms in total. The van der Waals surface area contributed by atoms with Crippen molar-refractivity contribution >= 4 is 5.71 Å². The first-order chi connectivity index (χ1) is 5.27. The molecule has 0 aromatic rings. The summed E-state index contributed by atoms with van der Waals surface area (Å²) in [6.45, 7) is 5.70. The minimum atomic E-state index is 0.754. The molecule has 0 fully saturated rings. The van der Waals surface area contributed by atoms with Crippen molar-refractivity contribution in [2.24, 2.45) is 0 Å². The van der Waals surface area contributed by atoms with Crippen LogP contribution in [0.15, 0.2) is 0 Å². The molecule has 0 aliphatic carbocycles. The molecule has 0 spiro atoms. The number of unbranched alkanes of at least 4 members (excludes halogenated alkanes) is 1. The Morgan fingerprint density at radius 2 is 1.91 bits per heavy atom. The summed E-state index contributed by atoms with van der Waals surface area (Å²) in [4.78, 5) is 0. The topological polar surface area (TPSA) is 33.1 Å². The van der Waals surface area contributed by atoms with Gasteiger partial charge in [0.05, 0.1) is 0 Å². The molecule has 0 bridgehead atoms. The van der Waals surface area contributed by atoms with Crippen LogP contribution in [0.3, 0.4) is 0 Å². The Hall–Kier alpha value is -0.370. The fraction of sp³-hybridized carbons (Fsp3) is 0.889. The average Bonchev–Trinajstić information content (AvgIpc) is 1.96. The summed E-state index contributed by atoms with van der Waals surface area (Å²) >= 11 is 0. The van der Waals surface area contributed by atoms with Gasteiger partial charge in [0.1, 0.15) is 0 Å². The van der Waals surface area contributed by atoms with E-state index in [-0.39, 0.29) is 0 Å². The molecule has 1 N–H and O–H groups in total. The average molecular weight is 157 g/mol. The number of nitrogens with one attached hydrogen (secondary N) is 1. The summed E-state index contributed by atoms with van der Waals surface area (Å²) in [5.41, 5.74) is 0.754. The molecule has 66 valence electrons. The summed E-state index contributed by atoms with van der Waals surface area (Å²) < 4.78 is 5.33. The second-order valence-electron chi connectivity index (χ2n) is 2.85. The van der Waals surface area contributed by atoms with E-state index in [2.05, 4.69) is 6.92 Å². The number of ether oxygens (including phenoxy) is 1. The lowest BCUT2D eigenvalue weighted by Gasteiger charge is -2.01. The lowest BCUT2D eigenvalue weighted by Crippen LogP contribution is -1.98. The maximum absolute atomic E-state index is 7.16. The standard InChI is InChI=1S/C9H19NO/c1-3-4-7-11-8-5-6-9(2)10/h10H,3-8H2,1-2H3. The highest BCUT2D eigenvalue weighted by Gasteiger charge is 1.90. The van der Waals surface area contributed by atoms with E-state index >= 15 is 0 Å². The lowest BCUT2D eigenvalue weighted by atomic mass is 10.2. The first-order valence-corrected chi connectivity index (χ1v) is 4.39. The van der Waals surface area contributed by atoms with Gasteiger partial charge < -0.3 is 10.1 Å². The zero-order valence-electron chi connectivity index (χ0n) is 7.65. The molecular weight excluding hydrogens is 138 g/mol. The van der Waals surface area contributed by atoms with E-state index in [1.54, 1.807) is 0 Å². The van der Waals surface area contributed by atoms with Gasteiger partial charge >= 0.3 is 0 Å². The molecule has 0 atom stereocenters. The van der Waals surface area contributed by atoms with Crippen LogP contribution < -0.4 is 0 Å². The quantitative estimate of drug-likeness (QED) is 0.447. The van der Waals surface area contributed by atoms with Gasteiger partial charge in [-0.2, -0.15) is 0 Å². The van der Waals surface area contributed by atoms with Crippen molar-refractivity contribution in [2.45, 2.75) is 39.5 Å². The van der Waals surface area contributed by atoms with Crippen LogP contribution in [0.2, 0.25) is 0 Å². The van der Waals surface area contributed by atoms with Crippen LogP contribution in [0.1, 0.15) is 39.5 Å². The van der Waals surface area contributed by atoms with Crippen molar-refractivity contribution in [1.29, 1.82) is 5.41 Å². The van der Waals surface area contributed by atoms with Gasteiger partial charge in [-0.25, -0.2) is 0 Å².